The number of carboxylic acids is 1. The van der Waals surface area contributed by atoms with Gasteiger partial charge in [-0.2, -0.15) is 8.42 Å². The van der Waals surface area contributed by atoms with Crippen LogP contribution in [-0.4, -0.2) is 46.9 Å². The third-order valence-corrected chi connectivity index (χ3v) is 3.17. The van der Waals surface area contributed by atoms with Gasteiger partial charge in [0.1, 0.15) is 11.8 Å². The van der Waals surface area contributed by atoms with Crippen molar-refractivity contribution < 1.29 is 32.8 Å². The maximum Gasteiger partial charge on any atom is 0.326 e. The Bertz CT molecular complexity index is 611. The molecule has 110 valence electrons. The van der Waals surface area contributed by atoms with Crippen LogP contribution in [-0.2, 0) is 14.9 Å². The molecular weight excluding hydrogens is 290 g/mol. The van der Waals surface area contributed by atoms with Crippen molar-refractivity contribution in [3.63, 3.8) is 0 Å². The molecule has 20 heavy (non-hydrogen) atoms. The summed E-state index contributed by atoms with van der Waals surface area (Å²) in [6.07, 6.45) is -0.493. The number of para-hydroxylation sites is 1. The van der Waals surface area contributed by atoms with Crippen LogP contribution in [0.1, 0.15) is 16.8 Å². The Morgan fingerprint density at radius 1 is 1.25 bits per heavy atom. The van der Waals surface area contributed by atoms with Gasteiger partial charge in [-0.15, -0.1) is 0 Å². The summed E-state index contributed by atoms with van der Waals surface area (Å²) < 4.78 is 29.7. The molecule has 9 heteroatoms. The summed E-state index contributed by atoms with van der Waals surface area (Å²) in [5.74, 6) is -3.43. The van der Waals surface area contributed by atoms with Crippen molar-refractivity contribution in [3.8, 4) is 5.75 Å². The average Bonchev–Trinajstić information content (AvgIpc) is 2.33. The smallest absolute Gasteiger partial charge is 0.326 e. The van der Waals surface area contributed by atoms with E-state index in [1.165, 1.54) is 24.3 Å². The summed E-state index contributed by atoms with van der Waals surface area (Å²) in [5.41, 5.74) is -0.134. The Morgan fingerprint density at radius 2 is 1.85 bits per heavy atom. The number of carboxylic acid groups (broad SMARTS) is 1. The predicted molar refractivity (Wildman–Crippen MR) is 68.0 cm³/mol. The van der Waals surface area contributed by atoms with E-state index in [4.69, 9.17) is 9.66 Å². The van der Waals surface area contributed by atoms with E-state index in [9.17, 15) is 23.1 Å². The second kappa shape index (κ2) is 6.35. The molecule has 0 aliphatic rings. The Balaban J connectivity index is 2.79. The van der Waals surface area contributed by atoms with Crippen molar-refractivity contribution in [1.29, 1.82) is 0 Å². The second-order valence-corrected chi connectivity index (χ2v) is 5.53. The molecule has 0 spiro atoms. The minimum absolute atomic E-state index is 0.134. The van der Waals surface area contributed by atoms with E-state index in [0.717, 1.165) is 0 Å². The van der Waals surface area contributed by atoms with Gasteiger partial charge in [-0.25, -0.2) is 4.79 Å². The normalized spacial score (nSPS) is 12.7. The number of aromatic hydroxyl groups is 1. The first-order valence-electron chi connectivity index (χ1n) is 5.47. The molecule has 0 aromatic heterocycles. The number of hydrogen-bond donors (Lipinski definition) is 4. The number of nitrogens with one attached hydrogen (secondary N) is 1. The van der Waals surface area contributed by atoms with Crippen molar-refractivity contribution >= 4 is 22.0 Å². The lowest BCUT2D eigenvalue weighted by Gasteiger charge is -2.14. The zero-order valence-corrected chi connectivity index (χ0v) is 11.0. The van der Waals surface area contributed by atoms with E-state index >= 15 is 0 Å². The largest absolute Gasteiger partial charge is 0.507 e. The summed E-state index contributed by atoms with van der Waals surface area (Å²) in [5, 5.41) is 20.4. The molecule has 0 radical (unpaired) electrons. The van der Waals surface area contributed by atoms with Crippen LogP contribution in [0, 0.1) is 0 Å². The van der Waals surface area contributed by atoms with Crippen LogP contribution in [0.25, 0.3) is 0 Å². The van der Waals surface area contributed by atoms with Crippen LogP contribution in [0.5, 0.6) is 5.75 Å². The van der Waals surface area contributed by atoms with Crippen molar-refractivity contribution in [3.05, 3.63) is 29.8 Å². The van der Waals surface area contributed by atoms with Gasteiger partial charge < -0.3 is 15.5 Å². The van der Waals surface area contributed by atoms with Crippen LogP contribution >= 0.6 is 0 Å². The van der Waals surface area contributed by atoms with Crippen LogP contribution in [0.3, 0.4) is 0 Å². The van der Waals surface area contributed by atoms with Crippen molar-refractivity contribution in [2.75, 3.05) is 5.75 Å². The number of carbonyl (C=O) groups excluding carboxylic acids is 1. The first kappa shape index (κ1) is 15.9. The fourth-order valence-corrected chi connectivity index (χ4v) is 1.96. The van der Waals surface area contributed by atoms with Gasteiger partial charge in [0.2, 0.25) is 0 Å². The fraction of sp³-hybridized carbons (Fsp3) is 0.273. The van der Waals surface area contributed by atoms with Gasteiger partial charge in [-0.1, -0.05) is 12.1 Å². The van der Waals surface area contributed by atoms with Crippen molar-refractivity contribution in [2.24, 2.45) is 0 Å². The van der Waals surface area contributed by atoms with Gasteiger partial charge in [0, 0.05) is 0 Å². The highest BCUT2D eigenvalue weighted by atomic mass is 32.2. The molecule has 8 nitrogen and oxygen atoms in total. The van der Waals surface area contributed by atoms with E-state index in [1.807, 2.05) is 0 Å². The van der Waals surface area contributed by atoms with E-state index in [1.54, 1.807) is 0 Å². The number of benzene rings is 1. The summed E-state index contributed by atoms with van der Waals surface area (Å²) in [6, 6.07) is 4.00. The highest BCUT2D eigenvalue weighted by Crippen LogP contribution is 2.15. The van der Waals surface area contributed by atoms with Gasteiger partial charge in [0.25, 0.3) is 16.0 Å². The predicted octanol–water partition coefficient (Wildman–Crippen LogP) is -0.147. The lowest BCUT2D eigenvalue weighted by molar-refractivity contribution is -0.139. The maximum absolute atomic E-state index is 11.8. The molecule has 1 rings (SSSR count). The minimum Gasteiger partial charge on any atom is -0.507 e. The van der Waals surface area contributed by atoms with Gasteiger partial charge >= 0.3 is 5.97 Å². The Morgan fingerprint density at radius 3 is 2.35 bits per heavy atom. The SMILES string of the molecule is O=C(N[C@@H](CCS(=O)(=O)O)C(=O)O)c1ccccc1O. The lowest BCUT2D eigenvalue weighted by atomic mass is 10.1. The monoisotopic (exact) mass is 303 g/mol. The third kappa shape index (κ3) is 4.86. The van der Waals surface area contributed by atoms with E-state index in [-0.39, 0.29) is 11.3 Å². The first-order valence-corrected chi connectivity index (χ1v) is 7.08. The standard InChI is InChI=1S/C11H13NO7S/c13-9-4-2-1-3-7(9)10(14)12-8(11(15)16)5-6-20(17,18)19/h1-4,8,13H,5-6H2,(H,12,14)(H,15,16)(H,17,18,19)/t8-/m0/s1. The third-order valence-electron chi connectivity index (χ3n) is 2.42. The van der Waals surface area contributed by atoms with Gasteiger partial charge in [0.15, 0.2) is 0 Å². The zero-order chi connectivity index (χ0) is 15.3. The molecule has 0 saturated carbocycles. The van der Waals surface area contributed by atoms with E-state index in [2.05, 4.69) is 5.32 Å². The summed E-state index contributed by atoms with van der Waals surface area (Å²) in [6.45, 7) is 0. The molecule has 0 heterocycles. The molecule has 0 aliphatic heterocycles. The number of rotatable bonds is 6. The number of carbonyl (C=O) groups is 2. The number of phenolic OH excluding ortho intramolecular Hbond substituents is 1. The fourth-order valence-electron chi connectivity index (χ4n) is 1.43. The highest BCUT2D eigenvalue weighted by molar-refractivity contribution is 7.85. The highest BCUT2D eigenvalue weighted by Gasteiger charge is 2.23. The Kier molecular flexibility index (Phi) is 5.06. The molecule has 0 unspecified atom stereocenters. The van der Waals surface area contributed by atoms with Crippen LogP contribution < -0.4 is 5.32 Å². The van der Waals surface area contributed by atoms with Crippen molar-refractivity contribution in [2.45, 2.75) is 12.5 Å². The molecule has 0 fully saturated rings. The second-order valence-electron chi connectivity index (χ2n) is 3.96. The molecule has 1 aromatic carbocycles. The first-order chi connectivity index (χ1) is 9.20. The maximum atomic E-state index is 11.8. The van der Waals surface area contributed by atoms with Crippen molar-refractivity contribution in [1.82, 2.24) is 5.32 Å². The molecule has 1 amide bonds. The number of hydrogen-bond acceptors (Lipinski definition) is 5. The number of amides is 1. The van der Waals surface area contributed by atoms with Crippen LogP contribution in [0.4, 0.5) is 0 Å². The summed E-state index contributed by atoms with van der Waals surface area (Å²) in [7, 11) is -4.33. The summed E-state index contributed by atoms with van der Waals surface area (Å²) >= 11 is 0. The van der Waals surface area contributed by atoms with Gasteiger partial charge in [0.05, 0.1) is 11.3 Å². The average molecular weight is 303 g/mol. The minimum atomic E-state index is -4.33. The molecular formula is C11H13NO7S. The quantitative estimate of drug-likeness (QED) is 0.535. The van der Waals surface area contributed by atoms with Gasteiger partial charge in [-0.05, 0) is 18.6 Å². The molecule has 1 atom stereocenters. The molecule has 1 aromatic rings. The lowest BCUT2D eigenvalue weighted by Crippen LogP contribution is -2.41. The molecule has 0 saturated heterocycles. The number of phenols is 1. The van der Waals surface area contributed by atoms with Gasteiger partial charge in [-0.3, -0.25) is 9.35 Å². The number of aliphatic carboxylic acids is 1. The Hall–Kier alpha value is -2.13. The van der Waals surface area contributed by atoms with Crippen LogP contribution in [0.15, 0.2) is 24.3 Å². The van der Waals surface area contributed by atoms with E-state index < -0.39 is 40.2 Å². The topological polar surface area (TPSA) is 141 Å². The Labute approximate surface area is 114 Å². The summed E-state index contributed by atoms with van der Waals surface area (Å²) in [4.78, 5) is 22.7. The molecule has 0 aliphatic carbocycles. The molecule has 4 N–H and O–H groups in total. The van der Waals surface area contributed by atoms with E-state index in [0.29, 0.717) is 0 Å². The zero-order valence-electron chi connectivity index (χ0n) is 10.2. The molecule has 0 bridgehead atoms. The van der Waals surface area contributed by atoms with Crippen LogP contribution in [0.2, 0.25) is 0 Å².